The predicted octanol–water partition coefficient (Wildman–Crippen LogP) is 5.71. The Morgan fingerprint density at radius 3 is 1.15 bits per heavy atom. The topological polar surface area (TPSA) is 0 Å². The Morgan fingerprint density at radius 1 is 0.923 bits per heavy atom. The molecule has 0 aliphatic rings. The molecular formula is C10H22Br2Zr. The Labute approximate surface area is 108 Å². The minimum absolute atomic E-state index is 0.145. The second-order valence-electron chi connectivity index (χ2n) is 2.49. The first-order valence-electron chi connectivity index (χ1n) is 4.79. The average Bonchev–Trinajstić information content (AvgIpc) is 2.09. The third-order valence-corrected chi connectivity index (χ3v) is 1.21. The zero-order valence-corrected chi connectivity index (χ0v) is 14.5. The van der Waals surface area contributed by atoms with Crippen LogP contribution in [0.2, 0.25) is 0 Å². The van der Waals surface area contributed by atoms with Gasteiger partial charge in [-0.05, 0) is 0 Å². The minimum Gasteiger partial charge on any atom is -0.343 e. The second kappa shape index (κ2) is 29.2. The van der Waals surface area contributed by atoms with Gasteiger partial charge in [0.1, 0.15) is 0 Å². The molecule has 0 spiro atoms. The molecule has 0 aromatic rings. The maximum absolute atomic E-state index is 3.68. The van der Waals surface area contributed by atoms with E-state index in [1.165, 1.54) is 25.7 Å². The van der Waals surface area contributed by atoms with Gasteiger partial charge in [0.05, 0.1) is 0 Å². The fourth-order valence-electron chi connectivity index (χ4n) is 0.500. The summed E-state index contributed by atoms with van der Waals surface area (Å²) in [5.41, 5.74) is 0. The largest absolute Gasteiger partial charge is 0.343 e. The summed E-state index contributed by atoms with van der Waals surface area (Å²) in [6.45, 7) is 11.7. The average molecular weight is 393 g/mol. The molecule has 0 fully saturated rings. The molecule has 0 saturated carbocycles. The molecule has 0 heterocycles. The van der Waals surface area contributed by atoms with E-state index in [1.54, 1.807) is 0 Å². The first kappa shape index (κ1) is 20.3. The Hall–Kier alpha value is 1.84. The van der Waals surface area contributed by atoms with Crippen molar-refractivity contribution in [2.24, 2.45) is 0 Å². The fourth-order valence-corrected chi connectivity index (χ4v) is 0.500. The summed E-state index contributed by atoms with van der Waals surface area (Å²) in [4.78, 5) is 0. The standard InChI is InChI=1S/2C5H11.2BrH.Zr/c2*1-3-5-4-2;;;/h2*1,3-5H2,2H3;2*1H;/q2*-1;;;+4/p-2. The van der Waals surface area contributed by atoms with Crippen LogP contribution in [-0.4, -0.2) is 0 Å². The van der Waals surface area contributed by atoms with Crippen molar-refractivity contribution in [3.05, 3.63) is 13.8 Å². The van der Waals surface area contributed by atoms with E-state index in [4.69, 9.17) is 0 Å². The molecule has 0 bridgehead atoms. The van der Waals surface area contributed by atoms with Crippen LogP contribution < -0.4 is 0 Å². The molecule has 3 heteroatoms. The van der Waals surface area contributed by atoms with Gasteiger partial charge >= 0.3 is 43.0 Å². The van der Waals surface area contributed by atoms with Gasteiger partial charge in [0.15, 0.2) is 0 Å². The van der Waals surface area contributed by atoms with E-state index in [2.05, 4.69) is 52.1 Å². The Balaban J connectivity index is -0.000000120. The van der Waals surface area contributed by atoms with Crippen LogP contribution >= 0.6 is 24.4 Å². The van der Waals surface area contributed by atoms with Gasteiger partial charge in [-0.2, -0.15) is 12.8 Å². The molecule has 0 aromatic heterocycles. The molecule has 0 unspecified atom stereocenters. The van der Waals surface area contributed by atoms with Crippen molar-refractivity contribution in [2.75, 3.05) is 0 Å². The van der Waals surface area contributed by atoms with Crippen LogP contribution in [0.15, 0.2) is 0 Å². The van der Waals surface area contributed by atoms with Gasteiger partial charge in [-0.3, -0.25) is 0 Å². The van der Waals surface area contributed by atoms with Crippen LogP contribution in [0.4, 0.5) is 0 Å². The third kappa shape index (κ3) is 56.9. The molecule has 0 nitrogen and oxygen atoms in total. The van der Waals surface area contributed by atoms with Crippen molar-refractivity contribution in [1.29, 1.82) is 0 Å². The van der Waals surface area contributed by atoms with E-state index in [0.717, 1.165) is 12.8 Å². The van der Waals surface area contributed by atoms with Gasteiger partial charge in [-0.15, -0.1) is 0 Å². The number of hydrogen-bond donors (Lipinski definition) is 0. The fraction of sp³-hybridized carbons (Fsp3) is 0.800. The van der Waals surface area contributed by atoms with Crippen molar-refractivity contribution >= 4 is 24.4 Å². The normalized spacial score (nSPS) is 7.23. The third-order valence-electron chi connectivity index (χ3n) is 1.21. The monoisotopic (exact) mass is 390 g/mol. The summed E-state index contributed by atoms with van der Waals surface area (Å²) in [7, 11) is 0. The van der Waals surface area contributed by atoms with Crippen molar-refractivity contribution in [3.63, 3.8) is 0 Å². The maximum Gasteiger partial charge on any atom is -0.0586 e. The summed E-state index contributed by atoms with van der Waals surface area (Å²) in [6, 6.07) is 0. The van der Waals surface area contributed by atoms with Crippen LogP contribution in [0.5, 0.6) is 0 Å². The summed E-state index contributed by atoms with van der Waals surface area (Å²) in [5.74, 6) is 0. The molecule has 0 N–H and O–H groups in total. The van der Waals surface area contributed by atoms with Gasteiger partial charge in [-0.25, -0.2) is 0 Å². The molecule has 0 aromatic carbocycles. The molecule has 0 atom stereocenters. The minimum atomic E-state index is -0.145. The smallest absolute Gasteiger partial charge is 0.0586 e. The maximum atomic E-state index is 3.68. The van der Waals surface area contributed by atoms with Crippen molar-refractivity contribution in [2.45, 2.75) is 52.4 Å². The molecule has 0 rings (SSSR count). The van der Waals surface area contributed by atoms with E-state index in [0.29, 0.717) is 0 Å². The predicted molar refractivity (Wildman–Crippen MR) is 67.6 cm³/mol. The van der Waals surface area contributed by atoms with E-state index < -0.39 is 0 Å². The molecule has 0 aliphatic carbocycles. The van der Waals surface area contributed by atoms with E-state index in [1.807, 2.05) is 0 Å². The Morgan fingerprint density at radius 2 is 1.15 bits per heavy atom. The number of rotatable bonds is 4. The number of halogens is 2. The van der Waals surface area contributed by atoms with Crippen LogP contribution in [0.1, 0.15) is 52.4 Å². The summed E-state index contributed by atoms with van der Waals surface area (Å²) in [6.07, 6.45) is 7.31. The second-order valence-corrected chi connectivity index (χ2v) is 13.8. The molecule has 0 amide bonds. The molecule has 0 saturated heterocycles. The zero-order valence-electron chi connectivity index (χ0n) is 8.91. The first-order chi connectivity index (χ1) is 6.24. The number of unbranched alkanes of at least 4 members (excludes halogenated alkanes) is 4. The Kier molecular flexibility index (Phi) is 45.5. The van der Waals surface area contributed by atoms with Gasteiger partial charge in [0.2, 0.25) is 0 Å². The van der Waals surface area contributed by atoms with Gasteiger partial charge in [0.25, 0.3) is 0 Å². The summed E-state index contributed by atoms with van der Waals surface area (Å²) in [5, 5.41) is 0. The molecular weight excluding hydrogens is 371 g/mol. The van der Waals surface area contributed by atoms with Crippen LogP contribution in [0.3, 0.4) is 0 Å². The van der Waals surface area contributed by atoms with E-state index in [-0.39, 0.29) is 18.5 Å². The van der Waals surface area contributed by atoms with Crippen LogP contribution in [0, 0.1) is 13.8 Å². The summed E-state index contributed by atoms with van der Waals surface area (Å²) >= 11 is 6.32. The zero-order chi connectivity index (χ0) is 10.9. The van der Waals surface area contributed by atoms with Crippen molar-refractivity contribution in [1.82, 2.24) is 0 Å². The number of hydrogen-bond acceptors (Lipinski definition) is 0. The Bertz CT molecular complexity index is 42.2. The van der Waals surface area contributed by atoms with Crippen molar-refractivity contribution in [3.8, 4) is 0 Å². The molecule has 80 valence electrons. The van der Waals surface area contributed by atoms with Gasteiger partial charge in [0, 0.05) is 0 Å². The SMILES string of the molecule is [Br][Zr+2][Br].[CH2-]CCCC.[CH2-]CCCC. The first-order valence-corrected chi connectivity index (χ1v) is 16.0. The van der Waals surface area contributed by atoms with Crippen LogP contribution in [0.25, 0.3) is 0 Å². The van der Waals surface area contributed by atoms with Crippen LogP contribution in [-0.2, 0) is 18.5 Å². The van der Waals surface area contributed by atoms with E-state index >= 15 is 0 Å². The molecule has 0 radical (unpaired) electrons. The molecule has 13 heavy (non-hydrogen) atoms. The van der Waals surface area contributed by atoms with Crippen molar-refractivity contribution < 1.29 is 18.5 Å². The quantitative estimate of drug-likeness (QED) is 0.537. The summed E-state index contributed by atoms with van der Waals surface area (Å²) < 4.78 is 0. The van der Waals surface area contributed by atoms with E-state index in [9.17, 15) is 0 Å². The van der Waals surface area contributed by atoms with Gasteiger partial charge < -0.3 is 13.8 Å². The van der Waals surface area contributed by atoms with Gasteiger partial charge in [-0.1, -0.05) is 39.5 Å². The molecule has 0 aliphatic heterocycles.